The lowest BCUT2D eigenvalue weighted by Crippen LogP contribution is -2.13. The fraction of sp³-hybridized carbons (Fsp3) is 0.0556. The highest BCUT2D eigenvalue weighted by atomic mass is 16.5. The molecule has 0 spiro atoms. The molecule has 0 saturated heterocycles. The van der Waals surface area contributed by atoms with E-state index in [0.717, 1.165) is 0 Å². The monoisotopic (exact) mass is 322 g/mol. The summed E-state index contributed by atoms with van der Waals surface area (Å²) in [5, 5.41) is 20.6. The highest BCUT2D eigenvalue weighted by Crippen LogP contribution is 2.16. The molecular weight excluding hydrogens is 308 g/mol. The lowest BCUT2D eigenvalue weighted by molar-refractivity contribution is -0.112. The van der Waals surface area contributed by atoms with Crippen LogP contribution >= 0.6 is 0 Å². The normalized spacial score (nSPS) is 10.6. The number of hydrogen-bond acceptors (Lipinski definition) is 4. The van der Waals surface area contributed by atoms with Gasteiger partial charge in [-0.15, -0.1) is 0 Å². The zero-order chi connectivity index (χ0) is 17.5. The van der Waals surface area contributed by atoms with Gasteiger partial charge in [0.05, 0.1) is 12.7 Å². The molecule has 6 heteroatoms. The van der Waals surface area contributed by atoms with Gasteiger partial charge < -0.3 is 15.2 Å². The Kier molecular flexibility index (Phi) is 5.32. The van der Waals surface area contributed by atoms with Crippen molar-refractivity contribution in [1.29, 1.82) is 5.26 Å². The quantitative estimate of drug-likeness (QED) is 0.651. The lowest BCUT2D eigenvalue weighted by atomic mass is 10.1. The van der Waals surface area contributed by atoms with E-state index in [9.17, 15) is 9.59 Å². The zero-order valence-electron chi connectivity index (χ0n) is 12.8. The van der Waals surface area contributed by atoms with Crippen LogP contribution in [0.5, 0.6) is 5.75 Å². The fourth-order valence-corrected chi connectivity index (χ4v) is 1.91. The summed E-state index contributed by atoms with van der Waals surface area (Å²) in [4.78, 5) is 23.0. The van der Waals surface area contributed by atoms with E-state index in [4.69, 9.17) is 15.1 Å². The molecule has 1 amide bonds. The highest BCUT2D eigenvalue weighted by molar-refractivity contribution is 6.09. The summed E-state index contributed by atoms with van der Waals surface area (Å²) < 4.78 is 5.03. The first-order valence-electron chi connectivity index (χ1n) is 6.94. The zero-order valence-corrected chi connectivity index (χ0v) is 12.8. The summed E-state index contributed by atoms with van der Waals surface area (Å²) >= 11 is 0. The number of nitrogens with zero attached hydrogens (tertiary/aromatic N) is 1. The number of benzene rings is 2. The number of hydrogen-bond donors (Lipinski definition) is 2. The molecule has 0 atom stereocenters. The number of aromatic carboxylic acids is 1. The van der Waals surface area contributed by atoms with Gasteiger partial charge in [-0.1, -0.05) is 12.1 Å². The molecule has 24 heavy (non-hydrogen) atoms. The Bertz CT molecular complexity index is 816. The number of methoxy groups -OCH3 is 1. The van der Waals surface area contributed by atoms with Crippen molar-refractivity contribution in [2.45, 2.75) is 0 Å². The Morgan fingerprint density at radius 3 is 2.25 bits per heavy atom. The number of carbonyl (C=O) groups is 2. The molecule has 0 aliphatic rings. The molecule has 0 fully saturated rings. The Hall–Kier alpha value is -3.59. The largest absolute Gasteiger partial charge is 0.497 e. The highest BCUT2D eigenvalue weighted by Gasteiger charge is 2.10. The minimum Gasteiger partial charge on any atom is -0.497 e. The Morgan fingerprint density at radius 2 is 1.75 bits per heavy atom. The van der Waals surface area contributed by atoms with Crippen LogP contribution < -0.4 is 10.1 Å². The van der Waals surface area contributed by atoms with Crippen molar-refractivity contribution in [1.82, 2.24) is 0 Å². The third-order valence-electron chi connectivity index (χ3n) is 3.18. The van der Waals surface area contributed by atoms with E-state index in [1.54, 1.807) is 31.4 Å². The van der Waals surface area contributed by atoms with Gasteiger partial charge >= 0.3 is 5.97 Å². The molecule has 120 valence electrons. The fourth-order valence-electron chi connectivity index (χ4n) is 1.91. The van der Waals surface area contributed by atoms with Gasteiger partial charge in [-0.2, -0.15) is 5.26 Å². The van der Waals surface area contributed by atoms with Crippen molar-refractivity contribution < 1.29 is 19.4 Å². The van der Waals surface area contributed by atoms with Crippen molar-refractivity contribution in [2.24, 2.45) is 0 Å². The van der Waals surface area contributed by atoms with Crippen LogP contribution in [-0.4, -0.2) is 24.1 Å². The first kappa shape index (κ1) is 16.8. The van der Waals surface area contributed by atoms with Gasteiger partial charge in [0.1, 0.15) is 17.4 Å². The molecule has 0 heterocycles. The minimum atomic E-state index is -1.04. The van der Waals surface area contributed by atoms with Crippen molar-refractivity contribution in [2.75, 3.05) is 12.4 Å². The van der Waals surface area contributed by atoms with Gasteiger partial charge in [-0.05, 0) is 48.0 Å². The smallest absolute Gasteiger partial charge is 0.335 e. The number of ether oxygens (including phenoxy) is 1. The molecule has 0 saturated carbocycles. The van der Waals surface area contributed by atoms with Crippen molar-refractivity contribution in [3.05, 3.63) is 65.2 Å². The predicted molar refractivity (Wildman–Crippen MR) is 88.6 cm³/mol. The van der Waals surface area contributed by atoms with Gasteiger partial charge in [0, 0.05) is 5.69 Å². The standard InChI is InChI=1S/C18H14N2O4/c1-24-16-8-6-15(7-9-16)20-17(21)14(11-19)10-12-2-4-13(5-3-12)18(22)23/h2-10H,1H3,(H,20,21)(H,22,23)/b14-10+. The summed E-state index contributed by atoms with van der Waals surface area (Å²) in [5.41, 5.74) is 1.13. The maximum absolute atomic E-state index is 12.2. The topological polar surface area (TPSA) is 99.4 Å². The van der Waals surface area contributed by atoms with Crippen LogP contribution in [0.1, 0.15) is 15.9 Å². The van der Waals surface area contributed by atoms with Crippen molar-refractivity contribution in [3.63, 3.8) is 0 Å². The number of rotatable bonds is 5. The van der Waals surface area contributed by atoms with Gasteiger partial charge in [0.25, 0.3) is 5.91 Å². The Labute approximate surface area is 138 Å². The SMILES string of the molecule is COc1ccc(NC(=O)/C(C#N)=C/c2ccc(C(=O)O)cc2)cc1. The second-order valence-electron chi connectivity index (χ2n) is 4.78. The first-order chi connectivity index (χ1) is 11.5. The van der Waals surface area contributed by atoms with E-state index in [1.807, 2.05) is 6.07 Å². The average molecular weight is 322 g/mol. The van der Waals surface area contributed by atoms with Crippen LogP contribution in [0.4, 0.5) is 5.69 Å². The van der Waals surface area contributed by atoms with Crippen LogP contribution in [0.3, 0.4) is 0 Å². The van der Waals surface area contributed by atoms with Gasteiger partial charge in [-0.25, -0.2) is 4.79 Å². The van der Waals surface area contributed by atoms with Crippen LogP contribution in [0.25, 0.3) is 6.08 Å². The van der Waals surface area contributed by atoms with Crippen molar-refractivity contribution >= 4 is 23.6 Å². The summed E-state index contributed by atoms with van der Waals surface area (Å²) in [5.74, 6) is -0.934. The number of nitrogens with one attached hydrogen (secondary N) is 1. The average Bonchev–Trinajstić information content (AvgIpc) is 2.60. The number of carboxylic acid groups (broad SMARTS) is 1. The molecule has 0 radical (unpaired) electrons. The molecule has 2 aromatic carbocycles. The predicted octanol–water partition coefficient (Wildman–Crippen LogP) is 2.94. The molecular formula is C18H14N2O4. The second kappa shape index (κ2) is 7.61. The molecule has 0 aromatic heterocycles. The second-order valence-corrected chi connectivity index (χ2v) is 4.78. The molecule has 0 aliphatic carbocycles. The molecule has 2 aromatic rings. The van der Waals surface area contributed by atoms with E-state index >= 15 is 0 Å². The van der Waals surface area contributed by atoms with Gasteiger partial charge in [-0.3, -0.25) is 4.79 Å². The van der Waals surface area contributed by atoms with Gasteiger partial charge in [0.2, 0.25) is 0 Å². The Balaban J connectivity index is 2.15. The van der Waals surface area contributed by atoms with Crippen LogP contribution in [0.2, 0.25) is 0 Å². The summed E-state index contributed by atoms with van der Waals surface area (Å²) in [7, 11) is 1.54. The van der Waals surface area contributed by atoms with Crippen LogP contribution in [-0.2, 0) is 4.79 Å². The number of carbonyl (C=O) groups excluding carboxylic acids is 1. The lowest BCUT2D eigenvalue weighted by Gasteiger charge is -2.05. The van der Waals surface area contributed by atoms with E-state index in [1.165, 1.54) is 30.3 Å². The minimum absolute atomic E-state index is 0.0890. The maximum Gasteiger partial charge on any atom is 0.335 e. The van der Waals surface area contributed by atoms with E-state index < -0.39 is 11.9 Å². The summed E-state index contributed by atoms with van der Waals surface area (Å²) in [6.45, 7) is 0. The Morgan fingerprint density at radius 1 is 1.12 bits per heavy atom. The molecule has 2 rings (SSSR count). The first-order valence-corrected chi connectivity index (χ1v) is 6.94. The third-order valence-corrected chi connectivity index (χ3v) is 3.18. The number of carboxylic acids is 1. The van der Waals surface area contributed by atoms with Crippen molar-refractivity contribution in [3.8, 4) is 11.8 Å². The third kappa shape index (κ3) is 4.21. The molecule has 0 aliphatic heterocycles. The summed E-state index contributed by atoms with van der Waals surface area (Å²) in [6, 6.07) is 14.4. The van der Waals surface area contributed by atoms with Gasteiger partial charge in [0.15, 0.2) is 0 Å². The summed E-state index contributed by atoms with van der Waals surface area (Å²) in [6.07, 6.45) is 1.39. The number of amides is 1. The molecule has 0 bridgehead atoms. The van der Waals surface area contributed by atoms with E-state index in [-0.39, 0.29) is 11.1 Å². The molecule has 2 N–H and O–H groups in total. The number of nitriles is 1. The van der Waals surface area contributed by atoms with Crippen LogP contribution in [0, 0.1) is 11.3 Å². The van der Waals surface area contributed by atoms with E-state index in [2.05, 4.69) is 5.32 Å². The molecule has 6 nitrogen and oxygen atoms in total. The number of anilines is 1. The van der Waals surface area contributed by atoms with Crippen LogP contribution in [0.15, 0.2) is 54.1 Å². The molecule has 0 unspecified atom stereocenters. The van der Waals surface area contributed by atoms with E-state index in [0.29, 0.717) is 17.0 Å². The maximum atomic E-state index is 12.2.